The van der Waals surface area contributed by atoms with Gasteiger partial charge in [-0.2, -0.15) is 5.26 Å². The van der Waals surface area contributed by atoms with E-state index in [1.165, 1.54) is 0 Å². The van der Waals surface area contributed by atoms with Crippen LogP contribution in [-0.4, -0.2) is 33.3 Å². The number of anilines is 1. The quantitative estimate of drug-likeness (QED) is 0.858. The summed E-state index contributed by atoms with van der Waals surface area (Å²) in [6.07, 6.45) is 0. The Morgan fingerprint density at radius 2 is 1.75 bits per heavy atom. The fraction of sp³-hybridized carbons (Fsp3) is 0.333. The summed E-state index contributed by atoms with van der Waals surface area (Å²) in [5.74, 6) is 1.34. The minimum absolute atomic E-state index is 0.396. The van der Waals surface area contributed by atoms with Gasteiger partial charge in [0.05, 0.1) is 25.3 Å². The van der Waals surface area contributed by atoms with Gasteiger partial charge in [0.1, 0.15) is 28.8 Å². The standard InChI is InChI=1S/C15H17N3O2/c1-9-10(8-16)17-14-12(20-5)7-6-11(19-4)13(14)15(9)18(2)3/h6-7H,1-5H3. The highest BCUT2D eigenvalue weighted by Crippen LogP contribution is 2.40. The van der Waals surface area contributed by atoms with Gasteiger partial charge in [0.15, 0.2) is 0 Å². The smallest absolute Gasteiger partial charge is 0.146 e. The number of fused-ring (bicyclic) bond motifs is 1. The minimum Gasteiger partial charge on any atom is -0.496 e. The molecule has 0 atom stereocenters. The average Bonchev–Trinajstić information content (AvgIpc) is 2.44. The number of benzene rings is 1. The fourth-order valence-corrected chi connectivity index (χ4v) is 2.39. The normalized spacial score (nSPS) is 10.2. The van der Waals surface area contributed by atoms with Gasteiger partial charge in [-0.05, 0) is 19.1 Å². The van der Waals surface area contributed by atoms with Crippen molar-refractivity contribution < 1.29 is 9.47 Å². The summed E-state index contributed by atoms with van der Waals surface area (Å²) in [7, 11) is 7.07. The van der Waals surface area contributed by atoms with Gasteiger partial charge >= 0.3 is 0 Å². The second-order valence-electron chi connectivity index (χ2n) is 4.63. The molecule has 1 aromatic heterocycles. The van der Waals surface area contributed by atoms with Gasteiger partial charge in [0, 0.05) is 19.7 Å². The molecule has 0 aliphatic heterocycles. The van der Waals surface area contributed by atoms with Gasteiger partial charge in [-0.1, -0.05) is 0 Å². The van der Waals surface area contributed by atoms with Crippen LogP contribution in [0, 0.1) is 18.3 Å². The van der Waals surface area contributed by atoms with Crippen LogP contribution in [0.25, 0.3) is 10.9 Å². The molecule has 0 aliphatic rings. The van der Waals surface area contributed by atoms with Gasteiger partial charge in [-0.25, -0.2) is 4.98 Å². The van der Waals surface area contributed by atoms with Crippen molar-refractivity contribution in [1.29, 1.82) is 5.26 Å². The van der Waals surface area contributed by atoms with Crippen molar-refractivity contribution in [2.75, 3.05) is 33.2 Å². The second-order valence-corrected chi connectivity index (χ2v) is 4.63. The SMILES string of the molecule is COc1ccc(OC)c2c(N(C)C)c(C)c(C#N)nc12. The molecule has 5 nitrogen and oxygen atoms in total. The van der Waals surface area contributed by atoms with Crippen molar-refractivity contribution in [3.8, 4) is 17.6 Å². The van der Waals surface area contributed by atoms with E-state index in [9.17, 15) is 5.26 Å². The fourth-order valence-electron chi connectivity index (χ4n) is 2.39. The minimum atomic E-state index is 0.396. The van der Waals surface area contributed by atoms with Crippen molar-refractivity contribution in [3.63, 3.8) is 0 Å². The van der Waals surface area contributed by atoms with E-state index in [2.05, 4.69) is 11.1 Å². The zero-order valence-corrected chi connectivity index (χ0v) is 12.3. The Morgan fingerprint density at radius 1 is 1.15 bits per heavy atom. The van der Waals surface area contributed by atoms with E-state index in [0.29, 0.717) is 22.7 Å². The number of nitriles is 1. The molecule has 1 heterocycles. The Labute approximate surface area is 118 Å². The lowest BCUT2D eigenvalue weighted by Crippen LogP contribution is -2.13. The highest BCUT2D eigenvalue weighted by Gasteiger charge is 2.19. The van der Waals surface area contributed by atoms with Gasteiger partial charge in [-0.3, -0.25) is 0 Å². The maximum atomic E-state index is 9.27. The van der Waals surface area contributed by atoms with Crippen molar-refractivity contribution in [3.05, 3.63) is 23.4 Å². The Morgan fingerprint density at radius 3 is 2.25 bits per heavy atom. The lowest BCUT2D eigenvalue weighted by molar-refractivity contribution is 0.409. The molecule has 0 bridgehead atoms. The van der Waals surface area contributed by atoms with Crippen LogP contribution >= 0.6 is 0 Å². The zero-order valence-electron chi connectivity index (χ0n) is 12.3. The average molecular weight is 271 g/mol. The maximum absolute atomic E-state index is 9.27. The molecule has 0 fully saturated rings. The third-order valence-corrected chi connectivity index (χ3v) is 3.27. The molecule has 0 aliphatic carbocycles. The van der Waals surface area contributed by atoms with Crippen molar-refractivity contribution >= 4 is 16.6 Å². The number of rotatable bonds is 3. The predicted octanol–water partition coefficient (Wildman–Crippen LogP) is 2.50. The lowest BCUT2D eigenvalue weighted by atomic mass is 10.0. The van der Waals surface area contributed by atoms with Gasteiger partial charge in [-0.15, -0.1) is 0 Å². The summed E-state index contributed by atoms with van der Waals surface area (Å²) < 4.78 is 10.8. The first kappa shape index (κ1) is 13.9. The Kier molecular flexibility index (Phi) is 3.66. The topological polar surface area (TPSA) is 58.4 Å². The summed E-state index contributed by atoms with van der Waals surface area (Å²) in [5.41, 5.74) is 2.78. The Hall–Kier alpha value is -2.48. The molecule has 0 saturated heterocycles. The highest BCUT2D eigenvalue weighted by molar-refractivity contribution is 6.01. The monoisotopic (exact) mass is 271 g/mol. The third kappa shape index (κ3) is 1.99. The third-order valence-electron chi connectivity index (χ3n) is 3.27. The molecular formula is C15H17N3O2. The largest absolute Gasteiger partial charge is 0.496 e. The number of nitrogens with zero attached hydrogens (tertiary/aromatic N) is 3. The van der Waals surface area contributed by atoms with Crippen LogP contribution < -0.4 is 14.4 Å². The van der Waals surface area contributed by atoms with Crippen LogP contribution in [0.1, 0.15) is 11.3 Å². The molecule has 2 aromatic rings. The van der Waals surface area contributed by atoms with Gasteiger partial charge in [0.25, 0.3) is 0 Å². The summed E-state index contributed by atoms with van der Waals surface area (Å²) in [4.78, 5) is 6.38. The number of hydrogen-bond acceptors (Lipinski definition) is 5. The summed E-state index contributed by atoms with van der Waals surface area (Å²) >= 11 is 0. The summed E-state index contributed by atoms with van der Waals surface area (Å²) in [6.45, 7) is 1.89. The molecule has 104 valence electrons. The molecule has 0 amide bonds. The molecule has 5 heteroatoms. The zero-order chi connectivity index (χ0) is 14.9. The second kappa shape index (κ2) is 5.25. The van der Waals surface area contributed by atoms with Crippen molar-refractivity contribution in [2.24, 2.45) is 0 Å². The summed E-state index contributed by atoms with van der Waals surface area (Å²) in [5, 5.41) is 10.1. The number of aromatic nitrogens is 1. The summed E-state index contributed by atoms with van der Waals surface area (Å²) in [6, 6.07) is 5.78. The molecular weight excluding hydrogens is 254 g/mol. The molecule has 1 aromatic carbocycles. The first-order valence-electron chi connectivity index (χ1n) is 6.17. The van der Waals surface area contributed by atoms with E-state index in [-0.39, 0.29) is 0 Å². The van der Waals surface area contributed by atoms with Crippen molar-refractivity contribution in [2.45, 2.75) is 6.92 Å². The van der Waals surface area contributed by atoms with E-state index in [1.54, 1.807) is 20.3 Å². The molecule has 20 heavy (non-hydrogen) atoms. The van der Waals surface area contributed by atoms with E-state index in [4.69, 9.17) is 9.47 Å². The van der Waals surface area contributed by atoms with Crippen LogP contribution in [0.2, 0.25) is 0 Å². The van der Waals surface area contributed by atoms with Crippen LogP contribution in [-0.2, 0) is 0 Å². The van der Waals surface area contributed by atoms with E-state index < -0.39 is 0 Å². The predicted molar refractivity (Wildman–Crippen MR) is 78.6 cm³/mol. The Balaban J connectivity index is 3.04. The maximum Gasteiger partial charge on any atom is 0.146 e. The van der Waals surface area contributed by atoms with Crippen LogP contribution in [0.3, 0.4) is 0 Å². The van der Waals surface area contributed by atoms with Gasteiger partial charge < -0.3 is 14.4 Å². The molecule has 0 N–H and O–H groups in total. The van der Waals surface area contributed by atoms with Gasteiger partial charge in [0.2, 0.25) is 0 Å². The number of pyridine rings is 1. The Bertz CT molecular complexity index is 703. The lowest BCUT2D eigenvalue weighted by Gasteiger charge is -2.21. The molecule has 0 spiro atoms. The number of ether oxygens (including phenoxy) is 2. The van der Waals surface area contributed by atoms with E-state index in [1.807, 2.05) is 32.0 Å². The first-order chi connectivity index (χ1) is 9.54. The highest BCUT2D eigenvalue weighted by atomic mass is 16.5. The number of hydrogen-bond donors (Lipinski definition) is 0. The number of methoxy groups -OCH3 is 2. The molecule has 0 unspecified atom stereocenters. The van der Waals surface area contributed by atoms with Crippen LogP contribution in [0.15, 0.2) is 12.1 Å². The van der Waals surface area contributed by atoms with E-state index in [0.717, 1.165) is 16.6 Å². The molecule has 2 rings (SSSR count). The molecule has 0 radical (unpaired) electrons. The first-order valence-corrected chi connectivity index (χ1v) is 6.17. The van der Waals surface area contributed by atoms with E-state index >= 15 is 0 Å². The van der Waals surface area contributed by atoms with Crippen LogP contribution in [0.4, 0.5) is 5.69 Å². The van der Waals surface area contributed by atoms with Crippen LogP contribution in [0.5, 0.6) is 11.5 Å². The molecule has 0 saturated carbocycles. The van der Waals surface area contributed by atoms with Crippen molar-refractivity contribution in [1.82, 2.24) is 4.98 Å².